The van der Waals surface area contributed by atoms with Crippen molar-refractivity contribution in [2.45, 2.75) is 25.1 Å². The number of piperazine rings is 1. The van der Waals surface area contributed by atoms with Gasteiger partial charge in [0, 0.05) is 63.9 Å². The number of likely N-dealkylation sites (N-methyl/N-ethyl adjacent to an activating group) is 1. The summed E-state index contributed by atoms with van der Waals surface area (Å²) in [5.74, 6) is 0.103. The highest BCUT2D eigenvalue weighted by Gasteiger charge is 2.39. The van der Waals surface area contributed by atoms with Gasteiger partial charge in [0.15, 0.2) is 0 Å². The van der Waals surface area contributed by atoms with Crippen molar-refractivity contribution in [3.63, 3.8) is 0 Å². The van der Waals surface area contributed by atoms with Crippen LogP contribution in [0.15, 0.2) is 41.3 Å². The molecule has 0 saturated carbocycles. The van der Waals surface area contributed by atoms with Crippen molar-refractivity contribution in [3.8, 4) is 5.88 Å². The van der Waals surface area contributed by atoms with Gasteiger partial charge in [0.05, 0.1) is 28.1 Å². The molecule has 0 bridgehead atoms. The van der Waals surface area contributed by atoms with E-state index in [1.807, 2.05) is 0 Å². The minimum absolute atomic E-state index is 0.00650. The Balaban J connectivity index is 1.27. The van der Waals surface area contributed by atoms with E-state index < -0.39 is 18.9 Å². The molecule has 0 unspecified atom stereocenters. The molecule has 0 spiro atoms. The Morgan fingerprint density at radius 1 is 0.958 bits per heavy atom. The molecule has 3 aromatic heterocycles. The molecule has 256 valence electrons. The summed E-state index contributed by atoms with van der Waals surface area (Å²) in [6.45, 7) is 8.10. The van der Waals surface area contributed by atoms with Crippen LogP contribution in [0.5, 0.6) is 5.88 Å². The lowest BCUT2D eigenvalue weighted by atomic mass is 10.0. The lowest BCUT2D eigenvalue weighted by Gasteiger charge is -2.42. The highest BCUT2D eigenvalue weighted by molar-refractivity contribution is 9.10. The fourth-order valence-electron chi connectivity index (χ4n) is 6.24. The molecule has 5 heterocycles. The summed E-state index contributed by atoms with van der Waals surface area (Å²) in [6, 6.07) is 4.83. The number of fused-ring (bicyclic) bond motifs is 1. The Labute approximate surface area is 285 Å². The molecule has 2 saturated heterocycles. The first kappa shape index (κ1) is 34.3. The third-order valence-electron chi connectivity index (χ3n) is 8.68. The summed E-state index contributed by atoms with van der Waals surface area (Å²) >= 11 is 3.44. The molecule has 2 aliphatic heterocycles. The zero-order valence-corrected chi connectivity index (χ0v) is 29.5. The minimum Gasteiger partial charge on any atom is -0.479 e. The highest BCUT2D eigenvalue weighted by Crippen LogP contribution is 2.43. The lowest BCUT2D eigenvalue weighted by molar-refractivity contribution is -0.137. The van der Waals surface area contributed by atoms with Crippen LogP contribution < -0.4 is 25.6 Å². The number of nitrogens with one attached hydrogen (secondary N) is 2. The fraction of sp³-hybridized carbons (Fsp3) is 0.452. The smallest absolute Gasteiger partial charge is 0.420 e. The largest absolute Gasteiger partial charge is 0.479 e. The van der Waals surface area contributed by atoms with Crippen LogP contribution in [0.2, 0.25) is 0 Å². The van der Waals surface area contributed by atoms with Crippen LogP contribution in [-0.4, -0.2) is 108 Å². The summed E-state index contributed by atoms with van der Waals surface area (Å²) in [6.07, 6.45) is 1.39. The van der Waals surface area contributed by atoms with Crippen LogP contribution >= 0.6 is 23.1 Å². The van der Waals surface area contributed by atoms with Gasteiger partial charge in [-0.05, 0) is 67.3 Å². The third-order valence-corrected chi connectivity index (χ3v) is 10.8. The Bertz CT molecular complexity index is 1840. The predicted molar refractivity (Wildman–Crippen MR) is 185 cm³/mol. The van der Waals surface area contributed by atoms with Crippen molar-refractivity contribution in [2.24, 2.45) is 0 Å². The lowest BCUT2D eigenvalue weighted by Crippen LogP contribution is -2.52. The molecule has 12 nitrogen and oxygen atoms in total. The minimum atomic E-state index is -4.67. The van der Waals surface area contributed by atoms with E-state index in [-0.39, 0.29) is 29.2 Å². The Morgan fingerprint density at radius 2 is 1.67 bits per heavy atom. The number of aromatic nitrogens is 5. The van der Waals surface area contributed by atoms with E-state index in [1.165, 1.54) is 19.5 Å². The number of hydrogen-bond acceptors (Lipinski definition) is 12. The van der Waals surface area contributed by atoms with Crippen molar-refractivity contribution < 1.29 is 22.5 Å². The van der Waals surface area contributed by atoms with E-state index in [0.717, 1.165) is 45.1 Å². The first-order valence-electron chi connectivity index (χ1n) is 15.5. The molecule has 6 rings (SSSR count). The normalized spacial score (nSPS) is 17.1. The molecule has 48 heavy (non-hydrogen) atoms. The van der Waals surface area contributed by atoms with Crippen molar-refractivity contribution in [2.75, 3.05) is 82.3 Å². The topological polar surface area (TPSA) is 125 Å². The second-order valence-corrected chi connectivity index (χ2v) is 16.4. The van der Waals surface area contributed by atoms with E-state index >= 15 is 0 Å². The van der Waals surface area contributed by atoms with Crippen LogP contribution in [-0.2, 0) is 10.7 Å². The maximum Gasteiger partial charge on any atom is 0.420 e. The van der Waals surface area contributed by atoms with E-state index in [4.69, 9.17) is 4.74 Å². The summed E-state index contributed by atoms with van der Waals surface area (Å²) in [5.41, 5.74) is 0.679. The van der Waals surface area contributed by atoms with E-state index in [9.17, 15) is 17.7 Å². The molecular formula is C31H37BrF3N10O2P. The van der Waals surface area contributed by atoms with Gasteiger partial charge in [-0.25, -0.2) is 4.98 Å². The number of ether oxygens (including phenoxy) is 1. The average Bonchev–Trinajstić information content (AvgIpc) is 3.05. The van der Waals surface area contributed by atoms with Crippen molar-refractivity contribution in [1.82, 2.24) is 34.7 Å². The molecule has 2 N–H and O–H groups in total. The molecule has 2 aliphatic rings. The first-order chi connectivity index (χ1) is 22.8. The molecule has 0 amide bonds. The van der Waals surface area contributed by atoms with Gasteiger partial charge in [0.1, 0.15) is 35.5 Å². The highest BCUT2D eigenvalue weighted by atomic mass is 79.9. The second-order valence-electron chi connectivity index (χ2n) is 12.3. The third kappa shape index (κ3) is 7.36. The van der Waals surface area contributed by atoms with E-state index in [1.54, 1.807) is 36.6 Å². The molecule has 0 aliphatic carbocycles. The quantitative estimate of drug-likeness (QED) is 0.220. The molecule has 2 fully saturated rings. The molecule has 1 aromatic carbocycles. The van der Waals surface area contributed by atoms with Gasteiger partial charge >= 0.3 is 6.18 Å². The van der Waals surface area contributed by atoms with Gasteiger partial charge < -0.3 is 29.7 Å². The van der Waals surface area contributed by atoms with Gasteiger partial charge in [0.25, 0.3) is 0 Å². The summed E-state index contributed by atoms with van der Waals surface area (Å²) < 4.78 is 62.9. The number of rotatable bonds is 8. The van der Waals surface area contributed by atoms with Crippen LogP contribution in [0.1, 0.15) is 18.4 Å². The molecule has 0 radical (unpaired) electrons. The monoisotopic (exact) mass is 748 g/mol. The van der Waals surface area contributed by atoms with Crippen molar-refractivity contribution in [1.29, 1.82) is 0 Å². The Morgan fingerprint density at radius 3 is 2.33 bits per heavy atom. The molecule has 17 heteroatoms. The molecule has 4 aromatic rings. The number of methoxy groups -OCH3 is 1. The van der Waals surface area contributed by atoms with Crippen molar-refractivity contribution >= 4 is 68.4 Å². The van der Waals surface area contributed by atoms with Gasteiger partial charge in [-0.3, -0.25) is 14.9 Å². The number of anilines is 5. The van der Waals surface area contributed by atoms with Crippen LogP contribution in [0.25, 0.3) is 11.0 Å². The number of halogens is 4. The van der Waals surface area contributed by atoms with Crippen LogP contribution in [0, 0.1) is 0 Å². The van der Waals surface area contributed by atoms with E-state index in [2.05, 4.69) is 68.3 Å². The number of hydrogen-bond donors (Lipinski definition) is 2. The van der Waals surface area contributed by atoms with Crippen LogP contribution in [0.3, 0.4) is 0 Å². The zero-order chi connectivity index (χ0) is 34.2. The number of pyridine rings is 1. The van der Waals surface area contributed by atoms with Crippen molar-refractivity contribution in [3.05, 3.63) is 46.8 Å². The number of nitrogens with zero attached hydrogens (tertiary/aromatic N) is 8. The van der Waals surface area contributed by atoms with E-state index in [0.29, 0.717) is 45.6 Å². The maximum absolute atomic E-state index is 14.5. The van der Waals surface area contributed by atoms with Gasteiger partial charge in [-0.1, -0.05) is 0 Å². The maximum atomic E-state index is 14.5. The second kappa shape index (κ2) is 13.7. The average molecular weight is 750 g/mol. The molecule has 0 atom stereocenters. The predicted octanol–water partition coefficient (Wildman–Crippen LogP) is 5.56. The Kier molecular flexibility index (Phi) is 9.81. The standard InChI is InChI=1S/C31H37BrF3N10O2P/c1-43-13-15-44(16-14-43)19-7-11-45(12-8-19)28-20(31(33,34)35)17-24(29(42-28)47-2)40-30-38-18-21(32)27(41-30)39-23-6-5-22-25(37-10-9-36-22)26(23)48(3,4)46/h5-6,9-10,17-19H,7-8,11-16H2,1-4H3,(H2,38,39,40,41). The number of alkyl halides is 3. The van der Waals surface area contributed by atoms with Gasteiger partial charge in [-0.15, -0.1) is 0 Å². The van der Waals surface area contributed by atoms with Gasteiger partial charge in [0.2, 0.25) is 11.8 Å². The zero-order valence-electron chi connectivity index (χ0n) is 27.1. The number of benzene rings is 1. The first-order valence-corrected chi connectivity index (χ1v) is 18.9. The summed E-state index contributed by atoms with van der Waals surface area (Å²) in [4.78, 5) is 28.3. The number of piperidine rings is 1. The summed E-state index contributed by atoms with van der Waals surface area (Å²) in [7, 11) is 0.599. The van der Waals surface area contributed by atoms with Crippen LogP contribution in [0.4, 0.5) is 42.1 Å². The molecular weight excluding hydrogens is 712 g/mol. The Hall–Kier alpha value is -3.59. The summed E-state index contributed by atoms with van der Waals surface area (Å²) in [5, 5.41) is 6.56. The fourth-order valence-corrected chi connectivity index (χ4v) is 7.93. The van der Waals surface area contributed by atoms with Gasteiger partial charge in [-0.2, -0.15) is 23.1 Å². The SMILES string of the molecule is COc1nc(N2CCC(N3CCN(C)CC3)CC2)c(C(F)(F)F)cc1Nc1ncc(Br)c(Nc2ccc3nccnc3c2P(C)(C)=O)n1.